The van der Waals surface area contributed by atoms with Crippen molar-refractivity contribution in [2.45, 2.75) is 25.9 Å². The number of alkyl halides is 3. The molecule has 4 aromatic rings. The Morgan fingerprint density at radius 2 is 1.70 bits per heavy atom. The van der Waals surface area contributed by atoms with E-state index in [0.29, 0.717) is 22.6 Å². The Morgan fingerprint density at radius 1 is 0.939 bits per heavy atom. The van der Waals surface area contributed by atoms with Gasteiger partial charge in [-0.1, -0.05) is 30.3 Å². The molecule has 0 fully saturated rings. The normalized spacial score (nSPS) is 12.4. The number of amides is 1. The van der Waals surface area contributed by atoms with E-state index >= 15 is 0 Å². The highest BCUT2D eigenvalue weighted by atomic mass is 19.4. The van der Waals surface area contributed by atoms with Crippen LogP contribution in [0.15, 0.2) is 73.1 Å². The quantitative estimate of drug-likeness (QED) is 0.367. The lowest BCUT2D eigenvalue weighted by Crippen LogP contribution is -2.20. The summed E-state index contributed by atoms with van der Waals surface area (Å²) in [5, 5.41) is 6.36. The summed E-state index contributed by atoms with van der Waals surface area (Å²) >= 11 is 0. The molecule has 0 radical (unpaired) electrons. The topological polar surface area (TPSA) is 66.9 Å². The maximum absolute atomic E-state index is 13.3. The number of aryl methyl sites for hydroxylation is 1. The summed E-state index contributed by atoms with van der Waals surface area (Å²) in [6.07, 6.45) is -1.52. The number of fused-ring (bicyclic) bond motifs is 1. The number of benzene rings is 2. The molecule has 0 aliphatic heterocycles. The molecule has 2 N–H and O–H groups in total. The first-order valence-corrected chi connectivity index (χ1v) is 10.3. The van der Waals surface area contributed by atoms with Crippen LogP contribution in [0.5, 0.6) is 0 Å². The van der Waals surface area contributed by atoms with Crippen molar-refractivity contribution in [3.63, 3.8) is 0 Å². The molecule has 1 unspecified atom stereocenters. The molecule has 2 heterocycles. The van der Waals surface area contributed by atoms with E-state index in [1.165, 1.54) is 12.3 Å². The minimum atomic E-state index is -4.49. The lowest BCUT2D eigenvalue weighted by Gasteiger charge is -2.15. The van der Waals surface area contributed by atoms with Crippen molar-refractivity contribution in [3.05, 3.63) is 89.7 Å². The van der Waals surface area contributed by atoms with Gasteiger partial charge in [0.05, 0.1) is 17.0 Å². The fraction of sp³-hybridized carbons (Fsp3) is 0.160. The van der Waals surface area contributed by atoms with Crippen LogP contribution in [0.3, 0.4) is 0 Å². The molecular formula is C25H21F3N4O. The predicted molar refractivity (Wildman–Crippen MR) is 122 cm³/mol. The molecule has 0 aliphatic carbocycles. The Morgan fingerprint density at radius 3 is 2.39 bits per heavy atom. The molecule has 0 bridgehead atoms. The Bertz CT molecular complexity index is 1300. The number of anilines is 3. The molecule has 5 nitrogen and oxygen atoms in total. The Kier molecular flexibility index (Phi) is 6.00. The smallest absolute Gasteiger partial charge is 0.355 e. The second-order valence-corrected chi connectivity index (χ2v) is 7.68. The summed E-state index contributed by atoms with van der Waals surface area (Å²) in [5.74, 6) is -0.0794. The zero-order valence-corrected chi connectivity index (χ0v) is 17.9. The summed E-state index contributed by atoms with van der Waals surface area (Å²) in [6.45, 7) is 3.67. The molecule has 33 heavy (non-hydrogen) atoms. The lowest BCUT2D eigenvalue weighted by molar-refractivity contribution is -0.136. The number of hydrogen-bond donors (Lipinski definition) is 2. The lowest BCUT2D eigenvalue weighted by atomic mass is 10.00. The van der Waals surface area contributed by atoms with Crippen LogP contribution in [0.1, 0.15) is 29.5 Å². The third-order valence-electron chi connectivity index (χ3n) is 5.41. The van der Waals surface area contributed by atoms with Crippen LogP contribution < -0.4 is 10.6 Å². The molecular weight excluding hydrogens is 429 g/mol. The number of halogens is 3. The molecule has 8 heteroatoms. The molecule has 0 saturated heterocycles. The van der Waals surface area contributed by atoms with Crippen LogP contribution in [-0.2, 0) is 11.0 Å². The third kappa shape index (κ3) is 4.79. The van der Waals surface area contributed by atoms with Crippen molar-refractivity contribution in [2.24, 2.45) is 0 Å². The molecule has 168 valence electrons. The predicted octanol–water partition coefficient (Wildman–Crippen LogP) is 6.44. The van der Waals surface area contributed by atoms with Crippen molar-refractivity contribution < 1.29 is 18.0 Å². The van der Waals surface area contributed by atoms with E-state index in [0.717, 1.165) is 17.2 Å². The SMILES string of the molecule is Cc1cccnc1NC(=O)C(C)c1ccc(Nc2ccnc3c(C(F)(F)F)cccc23)cc1. The van der Waals surface area contributed by atoms with E-state index in [1.807, 2.05) is 25.1 Å². The summed E-state index contributed by atoms with van der Waals surface area (Å²) in [6, 6.07) is 16.5. The van der Waals surface area contributed by atoms with Gasteiger partial charge in [0.1, 0.15) is 5.82 Å². The Labute approximate surface area is 188 Å². The molecule has 1 amide bonds. The number of hydrogen-bond acceptors (Lipinski definition) is 4. The monoisotopic (exact) mass is 450 g/mol. The zero-order valence-electron chi connectivity index (χ0n) is 17.9. The second-order valence-electron chi connectivity index (χ2n) is 7.68. The van der Waals surface area contributed by atoms with Gasteiger partial charge >= 0.3 is 6.18 Å². The first-order valence-electron chi connectivity index (χ1n) is 10.3. The number of rotatable bonds is 5. The fourth-order valence-electron chi connectivity index (χ4n) is 3.52. The van der Waals surface area contributed by atoms with E-state index in [2.05, 4.69) is 20.6 Å². The van der Waals surface area contributed by atoms with E-state index in [1.54, 1.807) is 43.5 Å². The molecule has 4 rings (SSSR count). The van der Waals surface area contributed by atoms with Crippen LogP contribution in [0.25, 0.3) is 10.9 Å². The van der Waals surface area contributed by atoms with E-state index in [4.69, 9.17) is 0 Å². The molecule has 0 saturated carbocycles. The number of pyridine rings is 2. The largest absolute Gasteiger partial charge is 0.418 e. The summed E-state index contributed by atoms with van der Waals surface area (Å²) < 4.78 is 40.0. The number of carbonyl (C=O) groups excluding carboxylic acids is 1. The van der Waals surface area contributed by atoms with Crippen molar-refractivity contribution in [3.8, 4) is 0 Å². The summed E-state index contributed by atoms with van der Waals surface area (Å²) in [7, 11) is 0. The third-order valence-corrected chi connectivity index (χ3v) is 5.41. The van der Waals surface area contributed by atoms with Gasteiger partial charge in [-0.25, -0.2) is 4.98 Å². The molecule has 1 atom stereocenters. The van der Waals surface area contributed by atoms with Crippen LogP contribution in [0, 0.1) is 6.92 Å². The number of nitrogens with one attached hydrogen (secondary N) is 2. The standard InChI is InChI=1S/C25H21F3N4O/c1-15-5-4-13-30-23(15)32-24(33)16(2)17-8-10-18(11-9-17)31-21-12-14-29-22-19(21)6-3-7-20(22)25(26,27)28/h3-14,16H,1-2H3,(H,29,31)(H,30,32,33). The average molecular weight is 450 g/mol. The Balaban J connectivity index is 1.53. The first-order chi connectivity index (χ1) is 15.7. The highest BCUT2D eigenvalue weighted by Crippen LogP contribution is 2.36. The van der Waals surface area contributed by atoms with Crippen LogP contribution in [-0.4, -0.2) is 15.9 Å². The van der Waals surface area contributed by atoms with Crippen LogP contribution in [0.4, 0.5) is 30.4 Å². The maximum Gasteiger partial charge on any atom is 0.418 e. The first kappa shape index (κ1) is 22.3. The highest BCUT2D eigenvalue weighted by Gasteiger charge is 2.33. The van der Waals surface area contributed by atoms with Gasteiger partial charge in [-0.15, -0.1) is 0 Å². The van der Waals surface area contributed by atoms with Crippen LogP contribution in [0.2, 0.25) is 0 Å². The van der Waals surface area contributed by atoms with Crippen molar-refractivity contribution >= 4 is 34.0 Å². The molecule has 0 spiro atoms. The van der Waals surface area contributed by atoms with Gasteiger partial charge in [0, 0.05) is 29.2 Å². The summed E-state index contributed by atoms with van der Waals surface area (Å²) in [4.78, 5) is 20.8. The molecule has 2 aromatic carbocycles. The van der Waals surface area contributed by atoms with Crippen LogP contribution >= 0.6 is 0 Å². The number of carbonyl (C=O) groups is 1. The maximum atomic E-state index is 13.3. The van der Waals surface area contributed by atoms with E-state index in [9.17, 15) is 18.0 Å². The van der Waals surface area contributed by atoms with E-state index < -0.39 is 17.7 Å². The number of nitrogens with zero attached hydrogens (tertiary/aromatic N) is 2. The minimum absolute atomic E-state index is 0.110. The highest BCUT2D eigenvalue weighted by molar-refractivity contribution is 5.96. The van der Waals surface area contributed by atoms with Gasteiger partial charge < -0.3 is 10.6 Å². The van der Waals surface area contributed by atoms with Crippen molar-refractivity contribution in [1.29, 1.82) is 0 Å². The molecule has 2 aromatic heterocycles. The van der Waals surface area contributed by atoms with Gasteiger partial charge in [0.25, 0.3) is 0 Å². The molecule has 0 aliphatic rings. The zero-order chi connectivity index (χ0) is 23.6. The van der Waals surface area contributed by atoms with E-state index in [-0.39, 0.29) is 11.4 Å². The van der Waals surface area contributed by atoms with Gasteiger partial charge in [-0.2, -0.15) is 13.2 Å². The van der Waals surface area contributed by atoms with Crippen molar-refractivity contribution in [1.82, 2.24) is 9.97 Å². The van der Waals surface area contributed by atoms with Gasteiger partial charge in [-0.05, 0) is 55.3 Å². The average Bonchev–Trinajstić information content (AvgIpc) is 2.80. The minimum Gasteiger partial charge on any atom is -0.355 e. The van der Waals surface area contributed by atoms with Crippen molar-refractivity contribution in [2.75, 3.05) is 10.6 Å². The fourth-order valence-corrected chi connectivity index (χ4v) is 3.52. The van der Waals surface area contributed by atoms with Gasteiger partial charge in [-0.3, -0.25) is 9.78 Å². The second kappa shape index (κ2) is 8.90. The van der Waals surface area contributed by atoms with Gasteiger partial charge in [0.2, 0.25) is 5.91 Å². The Hall–Kier alpha value is -3.94. The number of para-hydroxylation sites is 1. The van der Waals surface area contributed by atoms with Gasteiger partial charge in [0.15, 0.2) is 0 Å². The number of aromatic nitrogens is 2. The summed E-state index contributed by atoms with van der Waals surface area (Å²) in [5.41, 5.74) is 1.97.